The molecule has 1 aromatic carbocycles. The second-order valence-corrected chi connectivity index (χ2v) is 7.47. The van der Waals surface area contributed by atoms with Gasteiger partial charge in [-0.3, -0.25) is 0 Å². The number of nitrogens with zero attached hydrogens (tertiary/aromatic N) is 2. The maximum atomic E-state index is 12.8. The van der Waals surface area contributed by atoms with E-state index in [2.05, 4.69) is 15.3 Å². The van der Waals surface area contributed by atoms with Crippen LogP contribution in [0.4, 0.5) is 24.0 Å². The summed E-state index contributed by atoms with van der Waals surface area (Å²) in [6.07, 6.45) is -4.42. The number of nitrogens with one attached hydrogen (secondary N) is 1. The smallest absolute Gasteiger partial charge is 0.330 e. The zero-order valence-corrected chi connectivity index (χ0v) is 14.9. The topological polar surface area (TPSA) is 37.8 Å². The number of benzene rings is 1. The number of hydrogen-bond donors (Lipinski definition) is 1. The molecule has 0 unspecified atom stereocenters. The highest BCUT2D eigenvalue weighted by molar-refractivity contribution is 7.16. The monoisotopic (exact) mass is 389 g/mol. The van der Waals surface area contributed by atoms with Gasteiger partial charge < -0.3 is 5.32 Å². The Labute approximate surface area is 149 Å². The summed E-state index contributed by atoms with van der Waals surface area (Å²) < 4.78 is 38.5. The zero-order chi connectivity index (χ0) is 17.5. The fourth-order valence-corrected chi connectivity index (χ4v) is 3.95. The first-order valence-corrected chi connectivity index (χ1v) is 8.85. The third-order valence-electron chi connectivity index (χ3n) is 3.18. The van der Waals surface area contributed by atoms with Gasteiger partial charge in [-0.1, -0.05) is 11.6 Å². The van der Waals surface area contributed by atoms with E-state index >= 15 is 0 Å². The van der Waals surface area contributed by atoms with Crippen LogP contribution in [0.5, 0.6) is 0 Å². The van der Waals surface area contributed by atoms with Crippen LogP contribution >= 0.6 is 34.3 Å². The molecule has 0 saturated heterocycles. The molecule has 3 aromatic rings. The minimum absolute atomic E-state index is 0.171. The van der Waals surface area contributed by atoms with Crippen LogP contribution in [0.1, 0.15) is 16.3 Å². The Morgan fingerprint density at radius 2 is 1.92 bits per heavy atom. The molecule has 9 heteroatoms. The number of halogens is 4. The fraction of sp³-hybridized carbons (Fsp3) is 0.200. The molecule has 1 N–H and O–H groups in total. The van der Waals surface area contributed by atoms with Gasteiger partial charge in [0.25, 0.3) is 0 Å². The first-order valence-electron chi connectivity index (χ1n) is 6.78. The van der Waals surface area contributed by atoms with E-state index in [9.17, 15) is 13.2 Å². The van der Waals surface area contributed by atoms with Gasteiger partial charge in [0.1, 0.15) is 0 Å². The molecule has 2 aromatic heterocycles. The molecule has 0 radical (unpaired) electrons. The summed E-state index contributed by atoms with van der Waals surface area (Å²) in [6, 6.07) is 3.15. The molecule has 3 rings (SSSR count). The number of rotatable bonds is 3. The average Bonchev–Trinajstić information content (AvgIpc) is 3.06. The van der Waals surface area contributed by atoms with Crippen molar-refractivity contribution in [3.05, 3.63) is 44.9 Å². The maximum absolute atomic E-state index is 12.8. The molecule has 126 valence electrons. The Hall–Kier alpha value is -1.64. The highest BCUT2D eigenvalue weighted by Gasteiger charge is 2.31. The first kappa shape index (κ1) is 17.2. The van der Waals surface area contributed by atoms with Crippen molar-refractivity contribution in [3.8, 4) is 10.6 Å². The number of alkyl halides is 3. The summed E-state index contributed by atoms with van der Waals surface area (Å²) in [5.41, 5.74) is 1.03. The summed E-state index contributed by atoms with van der Waals surface area (Å²) >= 11 is 8.81. The predicted molar refractivity (Wildman–Crippen MR) is 92.4 cm³/mol. The van der Waals surface area contributed by atoms with Gasteiger partial charge in [-0.2, -0.15) is 13.2 Å². The molecule has 0 aliphatic carbocycles. The molecule has 0 saturated carbocycles. The van der Waals surface area contributed by atoms with Gasteiger partial charge in [-0.15, -0.1) is 22.7 Å². The van der Waals surface area contributed by atoms with Crippen molar-refractivity contribution in [3.63, 3.8) is 0 Å². The van der Waals surface area contributed by atoms with Gasteiger partial charge in [0.2, 0.25) is 0 Å². The van der Waals surface area contributed by atoms with Crippen molar-refractivity contribution in [1.29, 1.82) is 0 Å². The van der Waals surface area contributed by atoms with Gasteiger partial charge in [-0.25, -0.2) is 9.97 Å². The van der Waals surface area contributed by atoms with E-state index < -0.39 is 11.7 Å². The fourth-order valence-electron chi connectivity index (χ4n) is 2.12. The Morgan fingerprint density at radius 3 is 2.54 bits per heavy atom. The van der Waals surface area contributed by atoms with Crippen LogP contribution in [0.2, 0.25) is 5.02 Å². The second-order valence-electron chi connectivity index (χ2n) is 5.00. The lowest BCUT2D eigenvalue weighted by Gasteiger charge is -2.10. The summed E-state index contributed by atoms with van der Waals surface area (Å²) in [7, 11) is 0. The van der Waals surface area contributed by atoms with E-state index in [1.54, 1.807) is 0 Å². The largest absolute Gasteiger partial charge is 0.416 e. The van der Waals surface area contributed by atoms with E-state index in [1.165, 1.54) is 28.7 Å². The maximum Gasteiger partial charge on any atom is 0.416 e. The van der Waals surface area contributed by atoms with Gasteiger partial charge in [0.15, 0.2) is 5.13 Å². The number of aromatic nitrogens is 2. The van der Waals surface area contributed by atoms with Crippen molar-refractivity contribution in [2.45, 2.75) is 20.0 Å². The molecule has 2 heterocycles. The normalized spacial score (nSPS) is 11.8. The van der Waals surface area contributed by atoms with Crippen LogP contribution in [0.25, 0.3) is 10.6 Å². The number of thiazole rings is 2. The molecule has 0 aliphatic heterocycles. The lowest BCUT2D eigenvalue weighted by Crippen LogP contribution is -2.05. The van der Waals surface area contributed by atoms with E-state index in [0.29, 0.717) is 5.13 Å². The van der Waals surface area contributed by atoms with Gasteiger partial charge in [-0.05, 0) is 32.0 Å². The number of anilines is 2. The Kier molecular flexibility index (Phi) is 4.54. The van der Waals surface area contributed by atoms with Gasteiger partial charge in [0.05, 0.1) is 37.5 Å². The number of aryl methyl sites for hydroxylation is 2. The van der Waals surface area contributed by atoms with Crippen LogP contribution in [0, 0.1) is 13.8 Å². The second kappa shape index (κ2) is 6.34. The average molecular weight is 390 g/mol. The minimum atomic E-state index is -4.42. The standard InChI is InChI=1S/C15H11ClF3N3S2/c1-7-13(24-8(2)20-7)12-6-23-14(22-12)21-11-5-9(15(17,18)19)3-4-10(11)16/h3-6H,1-2H3,(H,21,22). The van der Waals surface area contributed by atoms with Crippen LogP contribution in [-0.4, -0.2) is 9.97 Å². The van der Waals surface area contributed by atoms with Crippen molar-refractivity contribution in [2.75, 3.05) is 5.32 Å². The molecule has 0 amide bonds. The molecular weight excluding hydrogens is 379 g/mol. The highest BCUT2D eigenvalue weighted by atomic mass is 35.5. The number of hydrogen-bond acceptors (Lipinski definition) is 5. The van der Waals surface area contributed by atoms with Crippen LogP contribution in [0.15, 0.2) is 23.6 Å². The van der Waals surface area contributed by atoms with Crippen molar-refractivity contribution in [2.24, 2.45) is 0 Å². The Morgan fingerprint density at radius 1 is 1.17 bits per heavy atom. The molecular formula is C15H11ClF3N3S2. The Balaban J connectivity index is 1.89. The minimum Gasteiger partial charge on any atom is -0.330 e. The van der Waals surface area contributed by atoms with Gasteiger partial charge >= 0.3 is 6.18 Å². The summed E-state index contributed by atoms with van der Waals surface area (Å²) in [6.45, 7) is 3.81. The lowest BCUT2D eigenvalue weighted by molar-refractivity contribution is -0.137. The molecule has 0 aliphatic rings. The molecule has 0 atom stereocenters. The molecule has 0 spiro atoms. The van der Waals surface area contributed by atoms with Crippen molar-refractivity contribution in [1.82, 2.24) is 9.97 Å². The SMILES string of the molecule is Cc1nc(C)c(-c2csc(Nc3cc(C(F)(F)F)ccc3Cl)n2)s1. The van der Waals surface area contributed by atoms with Crippen LogP contribution in [0.3, 0.4) is 0 Å². The van der Waals surface area contributed by atoms with E-state index in [4.69, 9.17) is 11.6 Å². The lowest BCUT2D eigenvalue weighted by atomic mass is 10.2. The van der Waals surface area contributed by atoms with Crippen molar-refractivity contribution < 1.29 is 13.2 Å². The summed E-state index contributed by atoms with van der Waals surface area (Å²) in [4.78, 5) is 9.72. The molecule has 0 bridgehead atoms. The van der Waals surface area contributed by atoms with E-state index in [1.807, 2.05) is 19.2 Å². The molecule has 3 nitrogen and oxygen atoms in total. The van der Waals surface area contributed by atoms with Crippen molar-refractivity contribution >= 4 is 45.1 Å². The quantitative estimate of drug-likeness (QED) is 0.571. The molecule has 24 heavy (non-hydrogen) atoms. The summed E-state index contributed by atoms with van der Waals surface area (Å²) in [5.74, 6) is 0. The third kappa shape index (κ3) is 3.55. The Bertz CT molecular complexity index is 886. The first-order chi connectivity index (χ1) is 11.2. The molecule has 0 fully saturated rings. The predicted octanol–water partition coefficient (Wildman–Crippen LogP) is 6.30. The van der Waals surface area contributed by atoms with Crippen LogP contribution in [-0.2, 0) is 6.18 Å². The third-order valence-corrected chi connectivity index (χ3v) is 5.36. The highest BCUT2D eigenvalue weighted by Crippen LogP contribution is 2.37. The van der Waals surface area contributed by atoms with E-state index in [0.717, 1.165) is 33.4 Å². The van der Waals surface area contributed by atoms with E-state index in [-0.39, 0.29) is 10.7 Å². The summed E-state index contributed by atoms with van der Waals surface area (Å²) in [5, 5.41) is 6.30. The van der Waals surface area contributed by atoms with Gasteiger partial charge in [0, 0.05) is 5.38 Å². The zero-order valence-electron chi connectivity index (χ0n) is 12.5. The van der Waals surface area contributed by atoms with Crippen LogP contribution < -0.4 is 5.32 Å².